The SMILES string of the molecule is Cc1cc2occ(CC(=O)NCCCN(C)C)c2cc1C. The van der Waals surface area contributed by atoms with Crippen molar-refractivity contribution in [1.82, 2.24) is 10.2 Å². The topological polar surface area (TPSA) is 45.5 Å². The number of rotatable bonds is 6. The van der Waals surface area contributed by atoms with Crippen molar-refractivity contribution in [3.05, 3.63) is 35.1 Å². The summed E-state index contributed by atoms with van der Waals surface area (Å²) in [6.07, 6.45) is 3.03. The zero-order chi connectivity index (χ0) is 15.4. The van der Waals surface area contributed by atoms with Gasteiger partial charge in [0.25, 0.3) is 0 Å². The fourth-order valence-corrected chi connectivity index (χ4v) is 2.33. The number of furan rings is 1. The molecule has 0 atom stereocenters. The fraction of sp³-hybridized carbons (Fsp3) is 0.471. The van der Waals surface area contributed by atoms with Crippen LogP contribution in [-0.2, 0) is 11.2 Å². The molecule has 0 radical (unpaired) electrons. The highest BCUT2D eigenvalue weighted by atomic mass is 16.3. The molecular formula is C17H24N2O2. The second-order valence-electron chi connectivity index (χ2n) is 5.88. The third-order valence-corrected chi connectivity index (χ3v) is 3.73. The van der Waals surface area contributed by atoms with Crippen LogP contribution >= 0.6 is 0 Å². The largest absolute Gasteiger partial charge is 0.464 e. The summed E-state index contributed by atoms with van der Waals surface area (Å²) in [4.78, 5) is 14.1. The molecule has 1 aromatic heterocycles. The van der Waals surface area contributed by atoms with E-state index in [1.807, 2.05) is 20.2 Å². The predicted molar refractivity (Wildman–Crippen MR) is 85.6 cm³/mol. The quantitative estimate of drug-likeness (QED) is 0.831. The van der Waals surface area contributed by atoms with E-state index in [0.717, 1.165) is 29.5 Å². The number of nitrogens with zero attached hydrogens (tertiary/aromatic N) is 1. The highest BCUT2D eigenvalue weighted by Crippen LogP contribution is 2.25. The molecular weight excluding hydrogens is 264 g/mol. The first kappa shape index (κ1) is 15.6. The lowest BCUT2D eigenvalue weighted by Gasteiger charge is -2.09. The third-order valence-electron chi connectivity index (χ3n) is 3.73. The lowest BCUT2D eigenvalue weighted by atomic mass is 10.0. The van der Waals surface area contributed by atoms with Gasteiger partial charge < -0.3 is 14.6 Å². The maximum atomic E-state index is 12.0. The molecule has 0 fully saturated rings. The molecule has 0 bridgehead atoms. The summed E-state index contributed by atoms with van der Waals surface area (Å²) in [5.41, 5.74) is 4.24. The summed E-state index contributed by atoms with van der Waals surface area (Å²) in [6.45, 7) is 5.83. The van der Waals surface area contributed by atoms with Crippen LogP contribution in [0.1, 0.15) is 23.1 Å². The van der Waals surface area contributed by atoms with Gasteiger partial charge in [0, 0.05) is 17.5 Å². The van der Waals surface area contributed by atoms with E-state index in [-0.39, 0.29) is 5.91 Å². The highest BCUT2D eigenvalue weighted by molar-refractivity contribution is 5.88. The number of hydrogen-bond acceptors (Lipinski definition) is 3. The maximum Gasteiger partial charge on any atom is 0.224 e. The predicted octanol–water partition coefficient (Wildman–Crippen LogP) is 2.66. The fourth-order valence-electron chi connectivity index (χ4n) is 2.33. The summed E-state index contributed by atoms with van der Waals surface area (Å²) in [5, 5.41) is 4.00. The molecule has 0 saturated heterocycles. The van der Waals surface area contributed by atoms with E-state index in [0.29, 0.717) is 13.0 Å². The zero-order valence-corrected chi connectivity index (χ0v) is 13.3. The van der Waals surface area contributed by atoms with Gasteiger partial charge >= 0.3 is 0 Å². The van der Waals surface area contributed by atoms with Crippen molar-refractivity contribution >= 4 is 16.9 Å². The van der Waals surface area contributed by atoms with Crippen molar-refractivity contribution in [3.8, 4) is 0 Å². The first-order valence-corrected chi connectivity index (χ1v) is 7.36. The molecule has 4 heteroatoms. The highest BCUT2D eigenvalue weighted by Gasteiger charge is 2.11. The van der Waals surface area contributed by atoms with E-state index in [1.165, 1.54) is 11.1 Å². The van der Waals surface area contributed by atoms with Gasteiger partial charge in [-0.1, -0.05) is 0 Å². The van der Waals surface area contributed by atoms with Gasteiger partial charge in [0.05, 0.1) is 12.7 Å². The number of carbonyl (C=O) groups is 1. The molecule has 0 aliphatic carbocycles. The van der Waals surface area contributed by atoms with Crippen LogP contribution in [0.2, 0.25) is 0 Å². The van der Waals surface area contributed by atoms with E-state index in [9.17, 15) is 4.79 Å². The molecule has 2 rings (SSSR count). The number of fused-ring (bicyclic) bond motifs is 1. The molecule has 4 nitrogen and oxygen atoms in total. The molecule has 2 aromatic rings. The van der Waals surface area contributed by atoms with Gasteiger partial charge in [-0.3, -0.25) is 4.79 Å². The van der Waals surface area contributed by atoms with Crippen LogP contribution in [0.3, 0.4) is 0 Å². The lowest BCUT2D eigenvalue weighted by Crippen LogP contribution is -2.28. The van der Waals surface area contributed by atoms with E-state index in [2.05, 4.69) is 30.1 Å². The Morgan fingerprint density at radius 2 is 1.95 bits per heavy atom. The number of amides is 1. The molecule has 21 heavy (non-hydrogen) atoms. The molecule has 1 amide bonds. The molecule has 1 aromatic carbocycles. The second-order valence-corrected chi connectivity index (χ2v) is 5.88. The summed E-state index contributed by atoms with van der Waals surface area (Å²) < 4.78 is 5.56. The standard InChI is InChI=1S/C17H24N2O2/c1-12-8-15-14(11-21-16(15)9-13(12)2)10-17(20)18-6-5-7-19(3)4/h8-9,11H,5-7,10H2,1-4H3,(H,18,20). The van der Waals surface area contributed by atoms with Crippen molar-refractivity contribution in [3.63, 3.8) is 0 Å². The smallest absolute Gasteiger partial charge is 0.224 e. The van der Waals surface area contributed by atoms with Crippen molar-refractivity contribution in [2.24, 2.45) is 0 Å². The summed E-state index contributed by atoms with van der Waals surface area (Å²) in [5.74, 6) is 0.0506. The second kappa shape index (κ2) is 6.76. The monoisotopic (exact) mass is 288 g/mol. The molecule has 0 aliphatic rings. The van der Waals surface area contributed by atoms with Crippen LogP contribution in [0, 0.1) is 13.8 Å². The molecule has 0 aliphatic heterocycles. The Hall–Kier alpha value is -1.81. The van der Waals surface area contributed by atoms with Crippen molar-refractivity contribution in [2.45, 2.75) is 26.7 Å². The van der Waals surface area contributed by atoms with Crippen LogP contribution in [0.25, 0.3) is 11.0 Å². The van der Waals surface area contributed by atoms with Crippen molar-refractivity contribution in [1.29, 1.82) is 0 Å². The van der Waals surface area contributed by atoms with Gasteiger partial charge in [0.2, 0.25) is 5.91 Å². The van der Waals surface area contributed by atoms with E-state index in [1.54, 1.807) is 6.26 Å². The lowest BCUT2D eigenvalue weighted by molar-refractivity contribution is -0.120. The molecule has 0 spiro atoms. The van der Waals surface area contributed by atoms with Crippen LogP contribution in [0.15, 0.2) is 22.8 Å². The van der Waals surface area contributed by atoms with E-state index in [4.69, 9.17) is 4.42 Å². The van der Waals surface area contributed by atoms with Crippen LogP contribution in [0.4, 0.5) is 0 Å². The normalized spacial score (nSPS) is 11.3. The van der Waals surface area contributed by atoms with Gasteiger partial charge in [0.1, 0.15) is 5.58 Å². The Balaban J connectivity index is 1.96. The van der Waals surface area contributed by atoms with Gasteiger partial charge in [-0.15, -0.1) is 0 Å². The molecule has 1 N–H and O–H groups in total. The van der Waals surface area contributed by atoms with Gasteiger partial charge in [-0.2, -0.15) is 0 Å². The van der Waals surface area contributed by atoms with E-state index < -0.39 is 0 Å². The minimum Gasteiger partial charge on any atom is -0.464 e. The number of nitrogens with one attached hydrogen (secondary N) is 1. The third kappa shape index (κ3) is 4.08. The molecule has 0 unspecified atom stereocenters. The Morgan fingerprint density at radius 1 is 1.24 bits per heavy atom. The number of benzene rings is 1. The average Bonchev–Trinajstić information content (AvgIpc) is 2.78. The molecule has 0 saturated carbocycles. The molecule has 1 heterocycles. The average molecular weight is 288 g/mol. The first-order valence-electron chi connectivity index (χ1n) is 7.36. The minimum absolute atomic E-state index is 0.0506. The summed E-state index contributed by atoms with van der Waals surface area (Å²) in [6, 6.07) is 4.13. The Morgan fingerprint density at radius 3 is 2.67 bits per heavy atom. The number of carbonyl (C=O) groups excluding carboxylic acids is 1. The minimum atomic E-state index is 0.0506. The van der Waals surface area contributed by atoms with Crippen molar-refractivity contribution in [2.75, 3.05) is 27.2 Å². The van der Waals surface area contributed by atoms with Crippen LogP contribution < -0.4 is 5.32 Å². The Bertz CT molecular complexity index is 629. The van der Waals surface area contributed by atoms with E-state index >= 15 is 0 Å². The van der Waals surface area contributed by atoms with Gasteiger partial charge in [-0.05, 0) is 64.2 Å². The van der Waals surface area contributed by atoms with Crippen LogP contribution in [0.5, 0.6) is 0 Å². The van der Waals surface area contributed by atoms with Gasteiger partial charge in [0.15, 0.2) is 0 Å². The first-order chi connectivity index (χ1) is 9.97. The van der Waals surface area contributed by atoms with Crippen LogP contribution in [-0.4, -0.2) is 38.0 Å². The van der Waals surface area contributed by atoms with Gasteiger partial charge in [-0.25, -0.2) is 0 Å². The summed E-state index contributed by atoms with van der Waals surface area (Å²) >= 11 is 0. The number of hydrogen-bond donors (Lipinski definition) is 1. The van der Waals surface area contributed by atoms with Crippen molar-refractivity contribution < 1.29 is 9.21 Å². The Kier molecular flexibility index (Phi) is 5.02. The molecule has 114 valence electrons. The number of aryl methyl sites for hydroxylation is 2. The zero-order valence-electron chi connectivity index (χ0n) is 13.3. The Labute approximate surface area is 126 Å². The summed E-state index contributed by atoms with van der Waals surface area (Å²) in [7, 11) is 4.06. The maximum absolute atomic E-state index is 12.0.